The van der Waals surface area contributed by atoms with Gasteiger partial charge in [0.25, 0.3) is 0 Å². The second-order valence-electron chi connectivity index (χ2n) is 5.10. The summed E-state index contributed by atoms with van der Waals surface area (Å²) >= 11 is 0. The molecule has 94 valence electrons. The van der Waals surface area contributed by atoms with Crippen molar-refractivity contribution in [2.75, 3.05) is 20.1 Å². The standard InChI is InChI=1S/C13H22N4/c1-11(6-14-13-4-5-13)8-16(2)9-12-7-15-17(3)10-12/h7,10,13-14H,1,4-6,8-9H2,2-3H3. The number of likely N-dealkylation sites (N-methyl/N-ethyl adjacent to an activating group) is 1. The SMILES string of the molecule is C=C(CNC1CC1)CN(C)Cc1cnn(C)c1. The van der Waals surface area contributed by atoms with Crippen LogP contribution >= 0.6 is 0 Å². The third kappa shape index (κ3) is 4.32. The van der Waals surface area contributed by atoms with E-state index in [2.05, 4.69) is 35.1 Å². The van der Waals surface area contributed by atoms with Crippen molar-refractivity contribution < 1.29 is 0 Å². The van der Waals surface area contributed by atoms with Gasteiger partial charge in [0, 0.05) is 44.5 Å². The second kappa shape index (κ2) is 5.47. The van der Waals surface area contributed by atoms with Gasteiger partial charge in [0.15, 0.2) is 0 Å². The monoisotopic (exact) mass is 234 g/mol. The van der Waals surface area contributed by atoms with E-state index >= 15 is 0 Å². The van der Waals surface area contributed by atoms with Crippen molar-refractivity contribution in [1.82, 2.24) is 20.0 Å². The van der Waals surface area contributed by atoms with Crippen LogP contribution in [-0.2, 0) is 13.6 Å². The van der Waals surface area contributed by atoms with Crippen LogP contribution in [0.2, 0.25) is 0 Å². The van der Waals surface area contributed by atoms with E-state index in [4.69, 9.17) is 0 Å². The van der Waals surface area contributed by atoms with E-state index in [1.54, 1.807) is 0 Å². The summed E-state index contributed by atoms with van der Waals surface area (Å²) < 4.78 is 1.84. The van der Waals surface area contributed by atoms with E-state index in [1.165, 1.54) is 24.0 Å². The van der Waals surface area contributed by atoms with Crippen molar-refractivity contribution in [3.8, 4) is 0 Å². The van der Waals surface area contributed by atoms with Gasteiger partial charge < -0.3 is 5.32 Å². The highest BCUT2D eigenvalue weighted by atomic mass is 15.2. The molecular weight excluding hydrogens is 212 g/mol. The molecule has 0 atom stereocenters. The summed E-state index contributed by atoms with van der Waals surface area (Å²) in [4.78, 5) is 2.27. The van der Waals surface area contributed by atoms with Gasteiger partial charge in [-0.1, -0.05) is 6.58 Å². The third-order valence-electron chi connectivity index (χ3n) is 2.92. The molecule has 0 aliphatic heterocycles. The lowest BCUT2D eigenvalue weighted by Gasteiger charge is -2.17. The maximum atomic E-state index is 4.17. The van der Waals surface area contributed by atoms with Crippen LogP contribution in [0.5, 0.6) is 0 Å². The number of nitrogens with one attached hydrogen (secondary N) is 1. The van der Waals surface area contributed by atoms with Crippen LogP contribution in [0.1, 0.15) is 18.4 Å². The lowest BCUT2D eigenvalue weighted by Crippen LogP contribution is -2.26. The van der Waals surface area contributed by atoms with Gasteiger partial charge in [0.1, 0.15) is 0 Å². The molecule has 1 aromatic rings. The molecule has 1 fully saturated rings. The lowest BCUT2D eigenvalue weighted by molar-refractivity contribution is 0.352. The van der Waals surface area contributed by atoms with Crippen molar-refractivity contribution in [1.29, 1.82) is 0 Å². The quantitative estimate of drug-likeness (QED) is 0.719. The zero-order valence-corrected chi connectivity index (χ0v) is 10.8. The van der Waals surface area contributed by atoms with E-state index in [9.17, 15) is 0 Å². The first-order valence-corrected chi connectivity index (χ1v) is 6.19. The highest BCUT2D eigenvalue weighted by molar-refractivity contribution is 5.06. The molecule has 17 heavy (non-hydrogen) atoms. The molecular formula is C13H22N4. The fourth-order valence-electron chi connectivity index (χ4n) is 1.93. The molecule has 0 amide bonds. The normalized spacial score (nSPS) is 15.5. The van der Waals surface area contributed by atoms with E-state index in [-0.39, 0.29) is 0 Å². The highest BCUT2D eigenvalue weighted by Gasteiger charge is 2.20. The summed E-state index contributed by atoms with van der Waals surface area (Å²) in [6, 6.07) is 0.760. The molecule has 1 saturated carbocycles. The molecule has 4 nitrogen and oxygen atoms in total. The first kappa shape index (κ1) is 12.3. The van der Waals surface area contributed by atoms with Crippen LogP contribution < -0.4 is 5.32 Å². The van der Waals surface area contributed by atoms with Gasteiger partial charge in [0.2, 0.25) is 0 Å². The maximum Gasteiger partial charge on any atom is 0.0534 e. The third-order valence-corrected chi connectivity index (χ3v) is 2.92. The number of hydrogen-bond donors (Lipinski definition) is 1. The maximum absolute atomic E-state index is 4.17. The molecule has 1 aromatic heterocycles. The van der Waals surface area contributed by atoms with E-state index in [0.29, 0.717) is 0 Å². The van der Waals surface area contributed by atoms with Crippen LogP contribution in [0, 0.1) is 0 Å². The van der Waals surface area contributed by atoms with Crippen molar-refractivity contribution in [2.45, 2.75) is 25.4 Å². The molecule has 0 bridgehead atoms. The number of nitrogens with zero attached hydrogens (tertiary/aromatic N) is 3. The minimum Gasteiger partial charge on any atom is -0.310 e. The Hall–Kier alpha value is -1.13. The van der Waals surface area contributed by atoms with Crippen molar-refractivity contribution in [3.05, 3.63) is 30.1 Å². The Morgan fingerprint density at radius 1 is 1.65 bits per heavy atom. The molecule has 0 saturated heterocycles. The Labute approximate surface area is 103 Å². The van der Waals surface area contributed by atoms with Gasteiger partial charge in [-0.15, -0.1) is 0 Å². The summed E-state index contributed by atoms with van der Waals surface area (Å²) in [5.41, 5.74) is 2.50. The molecule has 1 heterocycles. The lowest BCUT2D eigenvalue weighted by atomic mass is 10.2. The second-order valence-corrected chi connectivity index (χ2v) is 5.10. The minimum absolute atomic E-state index is 0.760. The molecule has 0 unspecified atom stereocenters. The molecule has 4 heteroatoms. The first-order valence-electron chi connectivity index (χ1n) is 6.19. The average molecular weight is 234 g/mol. The topological polar surface area (TPSA) is 33.1 Å². The summed E-state index contributed by atoms with van der Waals surface area (Å²) in [6.45, 7) is 6.93. The molecule has 1 aliphatic rings. The average Bonchev–Trinajstić information content (AvgIpc) is 3.00. The van der Waals surface area contributed by atoms with Gasteiger partial charge in [-0.05, 0) is 25.5 Å². The molecule has 1 aliphatic carbocycles. The Balaban J connectivity index is 1.68. The Morgan fingerprint density at radius 2 is 2.41 bits per heavy atom. The van der Waals surface area contributed by atoms with Crippen LogP contribution in [0.25, 0.3) is 0 Å². The van der Waals surface area contributed by atoms with Crippen molar-refractivity contribution in [2.24, 2.45) is 7.05 Å². The van der Waals surface area contributed by atoms with E-state index in [0.717, 1.165) is 25.7 Å². The highest BCUT2D eigenvalue weighted by Crippen LogP contribution is 2.18. The smallest absolute Gasteiger partial charge is 0.0534 e. The van der Waals surface area contributed by atoms with E-state index < -0.39 is 0 Å². The summed E-state index contributed by atoms with van der Waals surface area (Å²) in [7, 11) is 4.07. The Bertz CT molecular complexity index is 379. The number of rotatable bonds is 7. The molecule has 2 rings (SSSR count). The van der Waals surface area contributed by atoms with Crippen molar-refractivity contribution >= 4 is 0 Å². The zero-order valence-electron chi connectivity index (χ0n) is 10.8. The van der Waals surface area contributed by atoms with Crippen LogP contribution in [0.15, 0.2) is 24.5 Å². The fourth-order valence-corrected chi connectivity index (χ4v) is 1.93. The number of aromatic nitrogens is 2. The predicted octanol–water partition coefficient (Wildman–Crippen LogP) is 1.16. The van der Waals surface area contributed by atoms with Crippen LogP contribution in [-0.4, -0.2) is 40.9 Å². The largest absolute Gasteiger partial charge is 0.310 e. The van der Waals surface area contributed by atoms with Gasteiger partial charge in [-0.25, -0.2) is 0 Å². The van der Waals surface area contributed by atoms with Crippen LogP contribution in [0.3, 0.4) is 0 Å². The predicted molar refractivity (Wildman–Crippen MR) is 69.7 cm³/mol. The minimum atomic E-state index is 0.760. The molecule has 0 spiro atoms. The first-order chi connectivity index (χ1) is 8.13. The van der Waals surface area contributed by atoms with Gasteiger partial charge in [0.05, 0.1) is 6.20 Å². The Kier molecular flexibility index (Phi) is 3.97. The van der Waals surface area contributed by atoms with Crippen molar-refractivity contribution in [3.63, 3.8) is 0 Å². The Morgan fingerprint density at radius 3 is 3.00 bits per heavy atom. The molecule has 1 N–H and O–H groups in total. The summed E-state index contributed by atoms with van der Waals surface area (Å²) in [6.07, 6.45) is 6.64. The molecule has 0 radical (unpaired) electrons. The van der Waals surface area contributed by atoms with E-state index in [1.807, 2.05) is 17.9 Å². The molecule has 0 aromatic carbocycles. The zero-order chi connectivity index (χ0) is 12.3. The van der Waals surface area contributed by atoms with Gasteiger partial charge in [-0.3, -0.25) is 9.58 Å². The number of hydrogen-bond acceptors (Lipinski definition) is 3. The van der Waals surface area contributed by atoms with Gasteiger partial charge in [-0.2, -0.15) is 5.10 Å². The van der Waals surface area contributed by atoms with Crippen LogP contribution in [0.4, 0.5) is 0 Å². The summed E-state index contributed by atoms with van der Waals surface area (Å²) in [5.74, 6) is 0. The number of aryl methyl sites for hydroxylation is 1. The summed E-state index contributed by atoms with van der Waals surface area (Å²) in [5, 5.41) is 7.66. The van der Waals surface area contributed by atoms with Gasteiger partial charge >= 0.3 is 0 Å². The fraction of sp³-hybridized carbons (Fsp3) is 0.615.